The van der Waals surface area contributed by atoms with E-state index in [1.807, 2.05) is 0 Å². The summed E-state index contributed by atoms with van der Waals surface area (Å²) in [6, 6.07) is 0. The number of unbranched alkanes of at least 4 members (excludes halogenated alkanes) is 30. The van der Waals surface area contributed by atoms with Crippen molar-refractivity contribution in [2.75, 3.05) is 6.61 Å². The highest BCUT2D eigenvalue weighted by atomic mass is 31.2. The molecule has 8 heteroatoms. The lowest BCUT2D eigenvalue weighted by molar-refractivity contribution is -0.0589. The van der Waals surface area contributed by atoms with Crippen LogP contribution in [0.3, 0.4) is 0 Å². The number of rotatable bonds is 40. The molecule has 0 aliphatic heterocycles. The van der Waals surface area contributed by atoms with Gasteiger partial charge in [-0.2, -0.15) is 0 Å². The molecule has 0 unspecified atom stereocenters. The number of hydrogen-bond acceptors (Lipinski definition) is 6. The zero-order chi connectivity index (χ0) is 36.3. The van der Waals surface area contributed by atoms with Crippen LogP contribution < -0.4 is 0 Å². The van der Waals surface area contributed by atoms with E-state index in [0.29, 0.717) is 12.8 Å². The molecule has 0 saturated heterocycles. The van der Waals surface area contributed by atoms with Gasteiger partial charge < -0.3 is 28.6 Å². The molecule has 49 heavy (non-hydrogen) atoms. The van der Waals surface area contributed by atoms with E-state index < -0.39 is 28.2 Å². The molecule has 6 nitrogen and oxygen atoms in total. The summed E-state index contributed by atoms with van der Waals surface area (Å²) in [7, 11) is -5.18. The highest BCUT2D eigenvalue weighted by Gasteiger charge is 2.47. The Morgan fingerprint density at radius 1 is 0.388 bits per heavy atom. The van der Waals surface area contributed by atoms with Crippen molar-refractivity contribution in [3.05, 3.63) is 13.8 Å². The van der Waals surface area contributed by atoms with Crippen LogP contribution in [-0.4, -0.2) is 31.8 Å². The van der Waals surface area contributed by atoms with Crippen LogP contribution in [0.4, 0.5) is 0 Å². The maximum Gasteiger partial charge on any atom is 0.327 e. The molecule has 0 atom stereocenters. The highest BCUT2D eigenvalue weighted by Crippen LogP contribution is 2.50. The molecular formula is C41H84O6P2. The van der Waals surface area contributed by atoms with Crippen LogP contribution in [-0.2, 0) is 9.05 Å². The molecule has 2 radical (unpaired) electrons. The van der Waals surface area contributed by atoms with Gasteiger partial charge in [0, 0.05) is 5.41 Å². The molecule has 0 saturated carbocycles. The Morgan fingerprint density at radius 2 is 0.633 bits per heavy atom. The number of hydrogen-bond donors (Lipinski definition) is 4. The third kappa shape index (κ3) is 30.8. The van der Waals surface area contributed by atoms with Crippen molar-refractivity contribution < 1.29 is 28.6 Å². The molecule has 0 amide bonds. The summed E-state index contributed by atoms with van der Waals surface area (Å²) in [6.45, 7) is 13.0. The summed E-state index contributed by atoms with van der Waals surface area (Å²) in [4.78, 5) is 38.9. The Labute approximate surface area is 308 Å². The molecule has 0 aromatic carbocycles. The topological polar surface area (TPSA) is 99.4 Å². The molecular weight excluding hydrogens is 650 g/mol. The van der Waals surface area contributed by atoms with E-state index in [1.54, 1.807) is 0 Å². The fraction of sp³-hybridized carbons (Fsp3) is 0.951. The van der Waals surface area contributed by atoms with E-state index in [2.05, 4.69) is 27.7 Å². The first-order valence-electron chi connectivity index (χ1n) is 21.1. The minimum atomic E-state index is -2.62. The average Bonchev–Trinajstić information content (AvgIpc) is 3.06. The van der Waals surface area contributed by atoms with Crippen molar-refractivity contribution in [3.63, 3.8) is 0 Å². The summed E-state index contributed by atoms with van der Waals surface area (Å²) < 4.78 is 11.1. The van der Waals surface area contributed by atoms with Gasteiger partial charge in [0.2, 0.25) is 0 Å². The first kappa shape index (κ1) is 49.6. The lowest BCUT2D eigenvalue weighted by atomic mass is 9.70. The van der Waals surface area contributed by atoms with Crippen LogP contribution in [0.25, 0.3) is 0 Å². The third-order valence-electron chi connectivity index (χ3n) is 10.5. The van der Waals surface area contributed by atoms with Crippen LogP contribution >= 0.6 is 17.2 Å². The minimum absolute atomic E-state index is 0.118. The van der Waals surface area contributed by atoms with Gasteiger partial charge in [0.15, 0.2) is 0 Å². The highest BCUT2D eigenvalue weighted by molar-refractivity contribution is 7.39. The second-order valence-electron chi connectivity index (χ2n) is 15.3. The summed E-state index contributed by atoms with van der Waals surface area (Å²) in [6.07, 6.45) is 42.5. The van der Waals surface area contributed by atoms with Crippen molar-refractivity contribution >= 4 is 17.2 Å². The molecule has 4 N–H and O–H groups in total. The van der Waals surface area contributed by atoms with Crippen LogP contribution in [0.2, 0.25) is 0 Å². The van der Waals surface area contributed by atoms with Crippen molar-refractivity contribution in [2.45, 2.75) is 238 Å². The Balaban J connectivity index is 4.39. The van der Waals surface area contributed by atoms with Crippen molar-refractivity contribution in [3.8, 4) is 0 Å². The van der Waals surface area contributed by atoms with E-state index in [1.165, 1.54) is 167 Å². The van der Waals surface area contributed by atoms with Crippen LogP contribution in [0.15, 0.2) is 0 Å². The Bertz CT molecular complexity index is 628. The van der Waals surface area contributed by atoms with Crippen LogP contribution in [0.1, 0.15) is 232 Å². The quantitative estimate of drug-likeness (QED) is 0.0369. The largest absolute Gasteiger partial charge is 0.328 e. The van der Waals surface area contributed by atoms with Gasteiger partial charge in [0.1, 0.15) is 0 Å². The van der Waals surface area contributed by atoms with E-state index >= 15 is 0 Å². The van der Waals surface area contributed by atoms with E-state index in [4.69, 9.17) is 9.05 Å². The maximum absolute atomic E-state index is 10.0. The summed E-state index contributed by atoms with van der Waals surface area (Å²) in [5.74, 6) is 0. The average molecular weight is 735 g/mol. The van der Waals surface area contributed by atoms with Gasteiger partial charge in [0.05, 0.1) is 12.2 Å². The molecule has 0 aromatic heterocycles. The molecule has 0 aliphatic rings. The van der Waals surface area contributed by atoms with Crippen molar-refractivity contribution in [2.24, 2.45) is 5.41 Å². The molecule has 0 heterocycles. The SMILES string of the molecule is [CH2]C([CH2])(COP(O)O)C(CCCCCCCCCCCCCCCCCC)(CCCCCCCCCCCCCCCCCC)OP(O)O. The van der Waals surface area contributed by atoms with Gasteiger partial charge in [-0.05, 0) is 26.7 Å². The lowest BCUT2D eigenvalue weighted by Crippen LogP contribution is -2.49. The van der Waals surface area contributed by atoms with Gasteiger partial charge >= 0.3 is 17.2 Å². The molecule has 0 aromatic rings. The van der Waals surface area contributed by atoms with Crippen molar-refractivity contribution in [1.29, 1.82) is 0 Å². The normalized spacial score (nSPS) is 12.6. The minimum Gasteiger partial charge on any atom is -0.328 e. The zero-order valence-corrected chi connectivity index (χ0v) is 34.5. The predicted octanol–water partition coefficient (Wildman–Crippen LogP) is 14.1. The van der Waals surface area contributed by atoms with Gasteiger partial charge in [-0.3, -0.25) is 0 Å². The fourth-order valence-electron chi connectivity index (χ4n) is 7.23. The van der Waals surface area contributed by atoms with E-state index in [0.717, 1.165) is 38.5 Å². The van der Waals surface area contributed by atoms with Crippen LogP contribution in [0, 0.1) is 19.3 Å². The van der Waals surface area contributed by atoms with E-state index in [-0.39, 0.29) is 6.61 Å². The third-order valence-corrected chi connectivity index (χ3v) is 11.4. The molecule has 0 fully saturated rings. The smallest absolute Gasteiger partial charge is 0.327 e. The molecule has 0 rings (SSSR count). The second-order valence-corrected chi connectivity index (χ2v) is 16.7. The molecule has 0 aliphatic carbocycles. The zero-order valence-electron chi connectivity index (χ0n) is 32.7. The second kappa shape index (κ2) is 35.6. The Hall–Kier alpha value is 0.620. The lowest BCUT2D eigenvalue weighted by Gasteiger charge is -2.46. The van der Waals surface area contributed by atoms with Crippen molar-refractivity contribution in [1.82, 2.24) is 0 Å². The first-order valence-corrected chi connectivity index (χ1v) is 23.4. The summed E-state index contributed by atoms with van der Waals surface area (Å²) >= 11 is 0. The van der Waals surface area contributed by atoms with Gasteiger partial charge in [-0.15, -0.1) is 0 Å². The first-order chi connectivity index (χ1) is 23.7. The molecule has 0 spiro atoms. The van der Waals surface area contributed by atoms with Gasteiger partial charge in [-0.25, -0.2) is 0 Å². The standard InChI is InChI=1S/C41H84O6P2/c1-5-7-9-11-13-15-17-19-21-23-25-27-29-31-33-35-37-41(47-49(44)45,40(3,4)39-46-48(42)43)38-36-34-32-30-28-26-24-22-20-18-16-14-12-10-8-6-2/h42-45H,3-39H2,1-2H3. The van der Waals surface area contributed by atoms with Gasteiger partial charge in [-0.1, -0.05) is 219 Å². The van der Waals surface area contributed by atoms with Gasteiger partial charge in [0.25, 0.3) is 0 Å². The molecule has 0 bridgehead atoms. The Kier molecular flexibility index (Phi) is 36.1. The Morgan fingerprint density at radius 3 is 0.857 bits per heavy atom. The monoisotopic (exact) mass is 735 g/mol. The predicted molar refractivity (Wildman–Crippen MR) is 214 cm³/mol. The maximum atomic E-state index is 10.0. The van der Waals surface area contributed by atoms with Crippen LogP contribution in [0.5, 0.6) is 0 Å². The summed E-state index contributed by atoms with van der Waals surface area (Å²) in [5, 5.41) is 0. The fourth-order valence-corrected chi connectivity index (χ4v) is 8.28. The van der Waals surface area contributed by atoms with E-state index in [9.17, 15) is 19.6 Å². The molecule has 294 valence electrons. The summed E-state index contributed by atoms with van der Waals surface area (Å²) in [5.41, 5.74) is -2.10.